The quantitative estimate of drug-likeness (QED) is 0.772. The first-order valence-electron chi connectivity index (χ1n) is 7.65. The fraction of sp³-hybridized carbons (Fsp3) is 0.222. The third-order valence-electron chi connectivity index (χ3n) is 3.30. The van der Waals surface area contributed by atoms with Crippen LogP contribution in [0.2, 0.25) is 0 Å². The van der Waals surface area contributed by atoms with Gasteiger partial charge in [0.05, 0.1) is 0 Å². The summed E-state index contributed by atoms with van der Waals surface area (Å²) in [6.07, 6.45) is 0.355. The largest absolute Gasteiger partial charge is 0.486 e. The van der Waals surface area contributed by atoms with E-state index in [4.69, 9.17) is 9.84 Å². The van der Waals surface area contributed by atoms with E-state index in [1.807, 2.05) is 38.1 Å². The third-order valence-corrected chi connectivity index (χ3v) is 3.41. The number of ether oxygens (including phenoxy) is 1. The summed E-state index contributed by atoms with van der Waals surface area (Å²) in [7, 11) is 0. The average molecular weight is 344 g/mol. The van der Waals surface area contributed by atoms with E-state index < -0.39 is 6.09 Å². The summed E-state index contributed by atoms with van der Waals surface area (Å²) >= 11 is 4.59. The first kappa shape index (κ1) is 17.7. The first-order chi connectivity index (χ1) is 11.5. The summed E-state index contributed by atoms with van der Waals surface area (Å²) in [6, 6.07) is 14.4. The monoisotopic (exact) mass is 344 g/mol. The Bertz CT molecular complexity index is 716. The maximum absolute atomic E-state index is 12.5. The second-order valence-corrected chi connectivity index (χ2v) is 5.70. The van der Waals surface area contributed by atoms with E-state index in [-0.39, 0.29) is 5.17 Å². The number of aliphatic hydroxyl groups is 1. The van der Waals surface area contributed by atoms with Gasteiger partial charge >= 0.3 is 6.09 Å². The zero-order chi connectivity index (χ0) is 17.5. The summed E-state index contributed by atoms with van der Waals surface area (Å²) in [5.41, 5.74) is 2.46. The second kappa shape index (κ2) is 8.31. The molecule has 0 fully saturated rings. The number of carbonyl (C=O) groups excluding carboxylic acids is 1. The normalized spacial score (nSPS) is 10.1. The van der Waals surface area contributed by atoms with Crippen LogP contribution in [0.25, 0.3) is 0 Å². The summed E-state index contributed by atoms with van der Waals surface area (Å²) < 4.78 is 5.46. The number of rotatable bonds is 5. The summed E-state index contributed by atoms with van der Waals surface area (Å²) in [5.74, 6) is 0.370. The number of thiocarbonyl (C=S) groups is 1. The lowest BCUT2D eigenvalue weighted by atomic mass is 10.2. The van der Waals surface area contributed by atoms with Crippen molar-refractivity contribution in [2.45, 2.75) is 20.3 Å². The maximum Gasteiger partial charge on any atom is 0.419 e. The van der Waals surface area contributed by atoms with E-state index in [1.54, 1.807) is 29.2 Å². The predicted molar refractivity (Wildman–Crippen MR) is 100 cm³/mol. The van der Waals surface area contributed by atoms with E-state index in [9.17, 15) is 4.79 Å². The standard InChI is InChI=1S/C18H20N2O3S/c1-3-11-20(15-9-7-13(2)8-10-15)18(22)23-16-6-4-5-14(12-16)19-17(21)24/h4-10,12H,3,11H2,1-2H3,(H2,19,21,24). The number of nitrogens with zero attached hydrogens (tertiary/aromatic N) is 1. The highest BCUT2D eigenvalue weighted by Crippen LogP contribution is 2.21. The van der Waals surface area contributed by atoms with Crippen LogP contribution >= 0.6 is 12.2 Å². The fourth-order valence-electron chi connectivity index (χ4n) is 2.19. The van der Waals surface area contributed by atoms with Gasteiger partial charge in [0.15, 0.2) is 0 Å². The molecule has 0 aliphatic rings. The molecule has 24 heavy (non-hydrogen) atoms. The highest BCUT2D eigenvalue weighted by Gasteiger charge is 2.17. The molecular formula is C18H20N2O3S. The topological polar surface area (TPSA) is 61.8 Å². The van der Waals surface area contributed by atoms with E-state index >= 15 is 0 Å². The molecule has 0 radical (unpaired) electrons. The molecule has 0 aromatic heterocycles. The number of carbonyl (C=O) groups is 1. The van der Waals surface area contributed by atoms with Crippen LogP contribution in [0.3, 0.4) is 0 Å². The number of aryl methyl sites for hydroxylation is 1. The summed E-state index contributed by atoms with van der Waals surface area (Å²) in [5, 5.41) is 11.4. The van der Waals surface area contributed by atoms with Crippen molar-refractivity contribution in [3.63, 3.8) is 0 Å². The minimum atomic E-state index is -0.454. The molecule has 2 aromatic carbocycles. The van der Waals surface area contributed by atoms with Gasteiger partial charge in [0.2, 0.25) is 0 Å². The van der Waals surface area contributed by atoms with Gasteiger partial charge in [0.1, 0.15) is 5.75 Å². The number of hydrogen-bond acceptors (Lipinski definition) is 3. The molecule has 126 valence electrons. The molecule has 0 aliphatic heterocycles. The molecule has 1 amide bonds. The minimum Gasteiger partial charge on any atom is -0.486 e. The molecule has 0 bridgehead atoms. The number of anilines is 2. The lowest BCUT2D eigenvalue weighted by Crippen LogP contribution is -2.34. The Hall–Kier alpha value is -2.60. The number of amides is 1. The van der Waals surface area contributed by atoms with Gasteiger partial charge in [-0.2, -0.15) is 0 Å². The first-order valence-corrected chi connectivity index (χ1v) is 8.06. The smallest absolute Gasteiger partial charge is 0.419 e. The van der Waals surface area contributed by atoms with Gasteiger partial charge in [-0.1, -0.05) is 30.7 Å². The lowest BCUT2D eigenvalue weighted by Gasteiger charge is -2.21. The average Bonchev–Trinajstić information content (AvgIpc) is 2.53. The molecule has 2 rings (SSSR count). The molecule has 2 N–H and O–H groups in total. The number of hydrogen-bond donors (Lipinski definition) is 2. The van der Waals surface area contributed by atoms with Crippen LogP contribution < -0.4 is 15.0 Å². The van der Waals surface area contributed by atoms with Crippen LogP contribution in [0.5, 0.6) is 5.75 Å². The van der Waals surface area contributed by atoms with Crippen molar-refractivity contribution in [2.24, 2.45) is 0 Å². The molecule has 0 aliphatic carbocycles. The van der Waals surface area contributed by atoms with Crippen LogP contribution in [0, 0.1) is 6.92 Å². The molecule has 0 heterocycles. The van der Waals surface area contributed by atoms with E-state index in [2.05, 4.69) is 17.5 Å². The van der Waals surface area contributed by atoms with Crippen molar-refractivity contribution < 1.29 is 14.6 Å². The van der Waals surface area contributed by atoms with Gasteiger partial charge in [0, 0.05) is 24.0 Å². The minimum absolute atomic E-state index is 0.342. The number of aliphatic hydroxyl groups excluding tert-OH is 1. The predicted octanol–water partition coefficient (Wildman–Crippen LogP) is 4.67. The summed E-state index contributed by atoms with van der Waals surface area (Å²) in [6.45, 7) is 4.55. The molecule has 5 nitrogen and oxygen atoms in total. The van der Waals surface area contributed by atoms with Crippen LogP contribution in [0.1, 0.15) is 18.9 Å². The molecule has 2 aromatic rings. The Morgan fingerprint density at radius 2 is 1.96 bits per heavy atom. The van der Waals surface area contributed by atoms with E-state index in [0.29, 0.717) is 18.0 Å². The fourth-order valence-corrected chi connectivity index (χ4v) is 2.31. The van der Waals surface area contributed by atoms with E-state index in [1.165, 1.54) is 0 Å². The Kier molecular flexibility index (Phi) is 6.14. The number of nitrogens with one attached hydrogen (secondary N) is 1. The van der Waals surface area contributed by atoms with Crippen molar-refractivity contribution in [2.75, 3.05) is 16.8 Å². The maximum atomic E-state index is 12.5. The van der Waals surface area contributed by atoms with Crippen LogP contribution in [-0.2, 0) is 0 Å². The molecule has 0 unspecified atom stereocenters. The zero-order valence-corrected chi connectivity index (χ0v) is 14.5. The van der Waals surface area contributed by atoms with Gasteiger partial charge in [-0.3, -0.25) is 4.90 Å². The van der Waals surface area contributed by atoms with Crippen LogP contribution in [0.15, 0.2) is 48.5 Å². The molecule has 0 atom stereocenters. The van der Waals surface area contributed by atoms with Gasteiger partial charge in [0.25, 0.3) is 5.17 Å². The number of benzene rings is 2. The highest BCUT2D eigenvalue weighted by molar-refractivity contribution is 7.80. The highest BCUT2D eigenvalue weighted by atomic mass is 32.1. The van der Waals surface area contributed by atoms with Crippen LogP contribution in [0.4, 0.5) is 16.2 Å². The second-order valence-electron chi connectivity index (χ2n) is 5.31. The Morgan fingerprint density at radius 3 is 2.58 bits per heavy atom. The Labute approximate surface area is 146 Å². The van der Waals surface area contributed by atoms with Crippen molar-refractivity contribution >= 4 is 34.9 Å². The van der Waals surface area contributed by atoms with Gasteiger partial charge in [-0.25, -0.2) is 4.79 Å². The Morgan fingerprint density at radius 1 is 1.25 bits per heavy atom. The van der Waals surface area contributed by atoms with Crippen molar-refractivity contribution in [1.29, 1.82) is 0 Å². The van der Waals surface area contributed by atoms with Gasteiger partial charge in [-0.05, 0) is 49.8 Å². The Balaban J connectivity index is 2.15. The van der Waals surface area contributed by atoms with Gasteiger partial charge < -0.3 is 15.2 Å². The SMILES string of the molecule is CCCN(C(=O)Oc1cccc(NC(O)=S)c1)c1ccc(C)cc1. The van der Waals surface area contributed by atoms with Crippen molar-refractivity contribution in [3.8, 4) is 5.75 Å². The zero-order valence-electron chi connectivity index (χ0n) is 13.7. The van der Waals surface area contributed by atoms with Crippen LogP contribution in [-0.4, -0.2) is 22.9 Å². The lowest BCUT2D eigenvalue weighted by molar-refractivity contribution is 0.207. The summed E-state index contributed by atoms with van der Waals surface area (Å²) in [4.78, 5) is 14.1. The van der Waals surface area contributed by atoms with Crippen molar-refractivity contribution in [3.05, 3.63) is 54.1 Å². The molecular weight excluding hydrogens is 324 g/mol. The molecule has 6 heteroatoms. The van der Waals surface area contributed by atoms with E-state index in [0.717, 1.165) is 17.7 Å². The molecule has 0 saturated heterocycles. The molecule has 0 saturated carbocycles. The van der Waals surface area contributed by atoms with Gasteiger partial charge in [-0.15, -0.1) is 0 Å². The van der Waals surface area contributed by atoms with Crippen molar-refractivity contribution in [1.82, 2.24) is 0 Å². The third kappa shape index (κ3) is 4.96. The molecule has 0 spiro atoms.